The van der Waals surface area contributed by atoms with Gasteiger partial charge in [-0.3, -0.25) is 0 Å². The van der Waals surface area contributed by atoms with E-state index in [4.69, 9.17) is 11.6 Å². The molecule has 0 aliphatic carbocycles. The third-order valence-electron chi connectivity index (χ3n) is 2.46. The number of halogens is 1. The maximum Gasteiger partial charge on any atom is 0.0417 e. The zero-order valence-corrected chi connectivity index (χ0v) is 11.9. The minimum Gasteiger partial charge on any atom is -0.313 e. The predicted octanol–water partition coefficient (Wildman–Crippen LogP) is 4.38. The van der Waals surface area contributed by atoms with E-state index in [1.54, 1.807) is 0 Å². The molecule has 0 radical (unpaired) electrons. The van der Waals surface area contributed by atoms with E-state index in [0.29, 0.717) is 6.04 Å². The SMILES string of the molecule is C=CCCC(CSc1cccc(Cl)c1)NCC. The van der Waals surface area contributed by atoms with E-state index < -0.39 is 0 Å². The van der Waals surface area contributed by atoms with Crippen molar-refractivity contribution in [3.63, 3.8) is 0 Å². The Balaban J connectivity index is 2.42. The Kier molecular flexibility index (Phi) is 7.41. The van der Waals surface area contributed by atoms with Gasteiger partial charge < -0.3 is 5.32 Å². The Morgan fingerprint density at radius 2 is 2.35 bits per heavy atom. The monoisotopic (exact) mass is 269 g/mol. The van der Waals surface area contributed by atoms with Crippen molar-refractivity contribution in [1.29, 1.82) is 0 Å². The summed E-state index contributed by atoms with van der Waals surface area (Å²) in [7, 11) is 0. The first-order valence-corrected chi connectivity index (χ1v) is 7.35. The lowest BCUT2D eigenvalue weighted by Gasteiger charge is -2.16. The van der Waals surface area contributed by atoms with Crippen molar-refractivity contribution in [3.05, 3.63) is 41.9 Å². The number of rotatable bonds is 8. The number of thioether (sulfide) groups is 1. The lowest BCUT2D eigenvalue weighted by atomic mass is 10.2. The standard InChI is InChI=1S/C14H20ClNS/c1-3-5-8-13(16-4-2)11-17-14-9-6-7-12(15)10-14/h3,6-7,9-10,13,16H,1,4-5,8,11H2,2H3. The Morgan fingerprint density at radius 1 is 1.53 bits per heavy atom. The number of hydrogen-bond acceptors (Lipinski definition) is 2. The molecule has 0 fully saturated rings. The van der Waals surface area contributed by atoms with Crippen LogP contribution in [-0.2, 0) is 0 Å². The van der Waals surface area contributed by atoms with Gasteiger partial charge >= 0.3 is 0 Å². The largest absolute Gasteiger partial charge is 0.313 e. The second kappa shape index (κ2) is 8.62. The van der Waals surface area contributed by atoms with E-state index >= 15 is 0 Å². The van der Waals surface area contributed by atoms with Crippen molar-refractivity contribution in [3.8, 4) is 0 Å². The molecule has 0 aromatic heterocycles. The molecule has 0 bridgehead atoms. The van der Waals surface area contributed by atoms with Gasteiger partial charge in [0.25, 0.3) is 0 Å². The van der Waals surface area contributed by atoms with Crippen LogP contribution in [0.3, 0.4) is 0 Å². The molecule has 1 rings (SSSR count). The molecule has 1 atom stereocenters. The van der Waals surface area contributed by atoms with E-state index in [9.17, 15) is 0 Å². The zero-order valence-electron chi connectivity index (χ0n) is 10.3. The van der Waals surface area contributed by atoms with Gasteiger partial charge in [0, 0.05) is 21.7 Å². The summed E-state index contributed by atoms with van der Waals surface area (Å²) >= 11 is 7.81. The van der Waals surface area contributed by atoms with Crippen molar-refractivity contribution in [1.82, 2.24) is 5.32 Å². The maximum atomic E-state index is 5.96. The molecule has 1 unspecified atom stereocenters. The molecule has 0 heterocycles. The summed E-state index contributed by atoms with van der Waals surface area (Å²) in [5.41, 5.74) is 0. The molecule has 17 heavy (non-hydrogen) atoms. The molecule has 0 saturated heterocycles. The first-order chi connectivity index (χ1) is 8.26. The Bertz CT molecular complexity index is 341. The molecular formula is C14H20ClNS. The normalized spacial score (nSPS) is 12.4. The molecule has 1 nitrogen and oxygen atoms in total. The van der Waals surface area contributed by atoms with Crippen LogP contribution in [0.5, 0.6) is 0 Å². The average molecular weight is 270 g/mol. The van der Waals surface area contributed by atoms with Gasteiger partial charge in [-0.15, -0.1) is 18.3 Å². The van der Waals surface area contributed by atoms with Crippen molar-refractivity contribution >= 4 is 23.4 Å². The van der Waals surface area contributed by atoms with Crippen LogP contribution in [-0.4, -0.2) is 18.3 Å². The fourth-order valence-corrected chi connectivity index (χ4v) is 2.92. The number of benzene rings is 1. The van der Waals surface area contributed by atoms with Gasteiger partial charge in [-0.05, 0) is 37.6 Å². The lowest BCUT2D eigenvalue weighted by molar-refractivity contribution is 0.542. The topological polar surface area (TPSA) is 12.0 Å². The highest BCUT2D eigenvalue weighted by Gasteiger charge is 2.07. The second-order valence-corrected chi connectivity index (χ2v) is 5.42. The van der Waals surface area contributed by atoms with Crippen LogP contribution in [0.4, 0.5) is 0 Å². The fraction of sp³-hybridized carbons (Fsp3) is 0.429. The average Bonchev–Trinajstić information content (AvgIpc) is 2.33. The van der Waals surface area contributed by atoms with Gasteiger partial charge in [0.05, 0.1) is 0 Å². The molecule has 0 amide bonds. The molecule has 0 saturated carbocycles. The molecular weight excluding hydrogens is 250 g/mol. The summed E-state index contributed by atoms with van der Waals surface area (Å²) in [6.45, 7) is 6.93. The van der Waals surface area contributed by atoms with Crippen molar-refractivity contribution in [2.75, 3.05) is 12.3 Å². The summed E-state index contributed by atoms with van der Waals surface area (Å²) in [6.07, 6.45) is 4.19. The third-order valence-corrected chi connectivity index (χ3v) is 3.85. The molecule has 1 N–H and O–H groups in total. The van der Waals surface area contributed by atoms with Gasteiger partial charge in [0.1, 0.15) is 0 Å². The highest BCUT2D eigenvalue weighted by Crippen LogP contribution is 2.23. The number of hydrogen-bond donors (Lipinski definition) is 1. The van der Waals surface area contributed by atoms with Gasteiger partial charge in [-0.25, -0.2) is 0 Å². The van der Waals surface area contributed by atoms with Crippen molar-refractivity contribution in [2.45, 2.75) is 30.7 Å². The minimum atomic E-state index is 0.544. The molecule has 0 aliphatic rings. The highest BCUT2D eigenvalue weighted by molar-refractivity contribution is 7.99. The summed E-state index contributed by atoms with van der Waals surface area (Å²) < 4.78 is 0. The number of nitrogens with one attached hydrogen (secondary N) is 1. The Hall–Kier alpha value is -0.440. The molecule has 94 valence electrons. The Labute approximate surface area is 114 Å². The lowest BCUT2D eigenvalue weighted by Crippen LogP contribution is -2.30. The van der Waals surface area contributed by atoms with Gasteiger partial charge in [-0.2, -0.15) is 0 Å². The van der Waals surface area contributed by atoms with Gasteiger partial charge in [0.15, 0.2) is 0 Å². The summed E-state index contributed by atoms with van der Waals surface area (Å²) in [5.74, 6) is 1.07. The molecule has 0 spiro atoms. The predicted molar refractivity (Wildman–Crippen MR) is 79.1 cm³/mol. The summed E-state index contributed by atoms with van der Waals surface area (Å²) in [4.78, 5) is 1.24. The number of allylic oxidation sites excluding steroid dienone is 1. The van der Waals surface area contributed by atoms with Gasteiger partial charge in [0.2, 0.25) is 0 Å². The van der Waals surface area contributed by atoms with Crippen LogP contribution in [0.1, 0.15) is 19.8 Å². The highest BCUT2D eigenvalue weighted by atomic mass is 35.5. The van der Waals surface area contributed by atoms with Crippen molar-refractivity contribution in [2.24, 2.45) is 0 Å². The van der Waals surface area contributed by atoms with Crippen molar-refractivity contribution < 1.29 is 0 Å². The zero-order chi connectivity index (χ0) is 12.5. The maximum absolute atomic E-state index is 5.96. The van der Waals surface area contributed by atoms with Crippen LogP contribution < -0.4 is 5.32 Å². The third kappa shape index (κ3) is 6.16. The van der Waals surface area contributed by atoms with E-state index in [1.807, 2.05) is 36.0 Å². The van der Waals surface area contributed by atoms with Crippen LogP contribution in [0.2, 0.25) is 5.02 Å². The minimum absolute atomic E-state index is 0.544. The quantitative estimate of drug-likeness (QED) is 0.555. The van der Waals surface area contributed by atoms with Crippen LogP contribution in [0.15, 0.2) is 41.8 Å². The van der Waals surface area contributed by atoms with E-state index in [2.05, 4.69) is 24.9 Å². The van der Waals surface area contributed by atoms with Crippen LogP contribution >= 0.6 is 23.4 Å². The van der Waals surface area contributed by atoms with Crippen LogP contribution in [0, 0.1) is 0 Å². The van der Waals surface area contributed by atoms with Gasteiger partial charge in [-0.1, -0.05) is 30.7 Å². The molecule has 1 aromatic rings. The smallest absolute Gasteiger partial charge is 0.0417 e. The molecule has 3 heteroatoms. The van der Waals surface area contributed by atoms with E-state index in [1.165, 1.54) is 4.90 Å². The first-order valence-electron chi connectivity index (χ1n) is 5.99. The fourth-order valence-electron chi connectivity index (χ4n) is 1.61. The second-order valence-electron chi connectivity index (χ2n) is 3.89. The first kappa shape index (κ1) is 14.6. The van der Waals surface area contributed by atoms with E-state index in [-0.39, 0.29) is 0 Å². The molecule has 1 aromatic carbocycles. The Morgan fingerprint density at radius 3 is 3.00 bits per heavy atom. The molecule has 0 aliphatic heterocycles. The van der Waals surface area contributed by atoms with E-state index in [0.717, 1.165) is 30.2 Å². The summed E-state index contributed by atoms with van der Waals surface area (Å²) in [5, 5.41) is 4.31. The van der Waals surface area contributed by atoms with Crippen LogP contribution in [0.25, 0.3) is 0 Å². The summed E-state index contributed by atoms with van der Waals surface area (Å²) in [6, 6.07) is 8.57.